The summed E-state index contributed by atoms with van der Waals surface area (Å²) in [6.45, 7) is 11.5. The zero-order chi connectivity index (χ0) is 27.4. The van der Waals surface area contributed by atoms with Crippen molar-refractivity contribution in [3.63, 3.8) is 0 Å². The molecule has 1 aromatic heterocycles. The van der Waals surface area contributed by atoms with E-state index < -0.39 is 0 Å². The van der Waals surface area contributed by atoms with Crippen molar-refractivity contribution in [3.8, 4) is 16.8 Å². The third-order valence-electron chi connectivity index (χ3n) is 6.57. The van der Waals surface area contributed by atoms with E-state index in [1.54, 1.807) is 4.68 Å². The minimum absolute atomic E-state index is 0.110. The molecule has 0 aliphatic carbocycles. The number of nitrogens with zero attached hydrogens (tertiary/aromatic N) is 3. The van der Waals surface area contributed by atoms with E-state index in [0.717, 1.165) is 44.9 Å². The Kier molecular flexibility index (Phi) is 7.96. The fraction of sp³-hybridized carbons (Fsp3) is 0.258. The Labute approximate surface area is 224 Å². The average molecular weight is 510 g/mol. The number of amides is 3. The van der Waals surface area contributed by atoms with Gasteiger partial charge in [0, 0.05) is 17.3 Å². The number of urea groups is 1. The Balaban J connectivity index is 1.64. The lowest BCUT2D eigenvalue weighted by molar-refractivity contribution is -0.117. The van der Waals surface area contributed by atoms with E-state index in [-0.39, 0.29) is 24.5 Å². The zero-order valence-corrected chi connectivity index (χ0v) is 22.9. The van der Waals surface area contributed by atoms with Crippen molar-refractivity contribution in [2.45, 2.75) is 47.6 Å². The lowest BCUT2D eigenvalue weighted by atomic mass is 10.1. The maximum atomic E-state index is 13.5. The molecule has 2 N–H and O–H groups in total. The Morgan fingerprint density at radius 1 is 0.842 bits per heavy atom. The molecule has 4 rings (SSSR count). The highest BCUT2D eigenvalue weighted by atomic mass is 16.2. The number of rotatable bonds is 7. The largest absolute Gasteiger partial charge is 0.322 e. The second-order valence-corrected chi connectivity index (χ2v) is 9.89. The second-order valence-electron chi connectivity index (χ2n) is 9.89. The van der Waals surface area contributed by atoms with Crippen LogP contribution in [0.5, 0.6) is 0 Å². The van der Waals surface area contributed by atoms with Gasteiger partial charge in [0.2, 0.25) is 5.91 Å². The maximum absolute atomic E-state index is 13.5. The summed E-state index contributed by atoms with van der Waals surface area (Å²) in [7, 11) is 0. The van der Waals surface area contributed by atoms with E-state index in [1.165, 1.54) is 4.90 Å². The topological polar surface area (TPSA) is 79.3 Å². The highest BCUT2D eigenvalue weighted by Gasteiger charge is 2.25. The van der Waals surface area contributed by atoms with Gasteiger partial charge in [0.1, 0.15) is 12.4 Å². The summed E-state index contributed by atoms with van der Waals surface area (Å²) < 4.78 is 1.76. The van der Waals surface area contributed by atoms with Gasteiger partial charge in [-0.2, -0.15) is 5.10 Å². The molecular formula is C31H35N5O2. The predicted octanol–water partition coefficient (Wildman–Crippen LogP) is 6.65. The summed E-state index contributed by atoms with van der Waals surface area (Å²) in [5.74, 6) is 0.266. The van der Waals surface area contributed by atoms with Crippen LogP contribution in [0.2, 0.25) is 0 Å². The Hall–Kier alpha value is -4.39. The number of benzene rings is 3. The summed E-state index contributed by atoms with van der Waals surface area (Å²) >= 11 is 0. The molecule has 0 bridgehead atoms. The molecule has 0 aliphatic rings. The van der Waals surface area contributed by atoms with Crippen LogP contribution >= 0.6 is 0 Å². The van der Waals surface area contributed by atoms with Crippen molar-refractivity contribution in [3.05, 3.63) is 95.2 Å². The minimum atomic E-state index is -0.320. The van der Waals surface area contributed by atoms with Crippen LogP contribution in [0.15, 0.2) is 72.8 Å². The molecule has 38 heavy (non-hydrogen) atoms. The van der Waals surface area contributed by atoms with Crippen molar-refractivity contribution < 1.29 is 9.59 Å². The van der Waals surface area contributed by atoms with Crippen molar-refractivity contribution in [1.82, 2.24) is 14.7 Å². The van der Waals surface area contributed by atoms with Crippen LogP contribution in [0.25, 0.3) is 16.8 Å². The molecular weight excluding hydrogens is 474 g/mol. The number of anilines is 2. The molecule has 0 atom stereocenters. The molecule has 0 spiro atoms. The first-order chi connectivity index (χ1) is 18.2. The fourth-order valence-electron chi connectivity index (χ4n) is 4.47. The number of aromatic nitrogens is 2. The lowest BCUT2D eigenvalue weighted by Gasteiger charge is -2.27. The maximum Gasteiger partial charge on any atom is 0.322 e. The van der Waals surface area contributed by atoms with Gasteiger partial charge in [-0.15, -0.1) is 0 Å². The Bertz CT molecular complexity index is 1420. The second kappa shape index (κ2) is 11.3. The van der Waals surface area contributed by atoms with E-state index in [1.807, 2.05) is 114 Å². The number of hydrogen-bond donors (Lipinski definition) is 2. The van der Waals surface area contributed by atoms with E-state index in [4.69, 9.17) is 5.10 Å². The molecule has 0 saturated carbocycles. The third-order valence-corrected chi connectivity index (χ3v) is 6.57. The van der Waals surface area contributed by atoms with Gasteiger partial charge in [-0.3, -0.25) is 4.79 Å². The Morgan fingerprint density at radius 2 is 1.47 bits per heavy atom. The van der Waals surface area contributed by atoms with Crippen LogP contribution < -0.4 is 10.6 Å². The summed E-state index contributed by atoms with van der Waals surface area (Å²) in [6, 6.07) is 23.2. The van der Waals surface area contributed by atoms with Crippen molar-refractivity contribution in [2.75, 3.05) is 17.2 Å². The number of aryl methyl sites for hydroxylation is 4. The smallest absolute Gasteiger partial charge is 0.313 e. The van der Waals surface area contributed by atoms with E-state index in [0.29, 0.717) is 5.82 Å². The summed E-state index contributed by atoms with van der Waals surface area (Å²) in [5.41, 5.74) is 7.26. The van der Waals surface area contributed by atoms with Crippen LogP contribution in [0.3, 0.4) is 0 Å². The van der Waals surface area contributed by atoms with Gasteiger partial charge in [0.05, 0.1) is 11.4 Å². The number of carbonyl (C=O) groups excluding carboxylic acids is 2. The highest BCUT2D eigenvalue weighted by molar-refractivity contribution is 5.99. The molecule has 0 fully saturated rings. The summed E-state index contributed by atoms with van der Waals surface area (Å²) in [4.78, 5) is 28.3. The Morgan fingerprint density at radius 3 is 2.08 bits per heavy atom. The molecule has 1 heterocycles. The number of hydrogen-bond acceptors (Lipinski definition) is 3. The molecule has 3 aromatic carbocycles. The number of carbonyl (C=O) groups is 2. The first kappa shape index (κ1) is 26.7. The van der Waals surface area contributed by atoms with Crippen molar-refractivity contribution in [1.29, 1.82) is 0 Å². The van der Waals surface area contributed by atoms with Crippen molar-refractivity contribution in [2.24, 2.45) is 0 Å². The standard InChI is InChI=1S/C31H35N5O2/c1-20(2)35(31(38)33-29-22(4)11-10-12-23(29)5)19-27(37)32-30-28(25-13-8-7-9-14-25)24(6)34-36(30)26-17-15-21(3)16-18-26/h7-18,20H,19H2,1-6H3,(H,32,37)(H,33,38). The van der Waals surface area contributed by atoms with Crippen LogP contribution in [0.4, 0.5) is 16.3 Å². The molecule has 0 radical (unpaired) electrons. The van der Waals surface area contributed by atoms with Gasteiger partial charge in [-0.1, -0.05) is 66.2 Å². The minimum Gasteiger partial charge on any atom is -0.313 e. The van der Waals surface area contributed by atoms with Gasteiger partial charge in [-0.25, -0.2) is 9.48 Å². The first-order valence-electron chi connectivity index (χ1n) is 12.8. The van der Waals surface area contributed by atoms with Gasteiger partial charge < -0.3 is 15.5 Å². The van der Waals surface area contributed by atoms with E-state index >= 15 is 0 Å². The normalized spacial score (nSPS) is 10.9. The average Bonchev–Trinajstić information content (AvgIpc) is 3.20. The summed E-state index contributed by atoms with van der Waals surface area (Å²) in [5, 5.41) is 10.9. The highest BCUT2D eigenvalue weighted by Crippen LogP contribution is 2.33. The SMILES string of the molecule is Cc1ccc(-n2nc(C)c(-c3ccccc3)c2NC(=O)CN(C(=O)Nc2c(C)cccc2C)C(C)C)cc1. The van der Waals surface area contributed by atoms with Crippen LogP contribution in [0, 0.1) is 27.7 Å². The van der Waals surface area contributed by atoms with Gasteiger partial charge in [0.25, 0.3) is 0 Å². The quantitative estimate of drug-likeness (QED) is 0.293. The third kappa shape index (κ3) is 5.78. The summed E-state index contributed by atoms with van der Waals surface area (Å²) in [6.07, 6.45) is 0. The predicted molar refractivity (Wildman–Crippen MR) is 154 cm³/mol. The first-order valence-corrected chi connectivity index (χ1v) is 12.8. The molecule has 7 nitrogen and oxygen atoms in total. The molecule has 0 aliphatic heterocycles. The fourth-order valence-corrected chi connectivity index (χ4v) is 4.47. The van der Waals surface area contributed by atoms with Crippen LogP contribution in [0.1, 0.15) is 36.2 Å². The van der Waals surface area contributed by atoms with E-state index in [9.17, 15) is 9.59 Å². The molecule has 196 valence electrons. The van der Waals surface area contributed by atoms with Crippen LogP contribution in [-0.2, 0) is 4.79 Å². The van der Waals surface area contributed by atoms with Gasteiger partial charge in [-0.05, 0) is 70.4 Å². The zero-order valence-electron chi connectivity index (χ0n) is 22.9. The molecule has 3 amide bonds. The lowest BCUT2D eigenvalue weighted by Crippen LogP contribution is -2.45. The number of para-hydroxylation sites is 1. The van der Waals surface area contributed by atoms with Crippen LogP contribution in [-0.4, -0.2) is 39.2 Å². The molecule has 7 heteroatoms. The number of nitrogens with one attached hydrogen (secondary N) is 2. The molecule has 0 saturated heterocycles. The van der Waals surface area contributed by atoms with E-state index in [2.05, 4.69) is 10.6 Å². The molecule has 0 unspecified atom stereocenters. The van der Waals surface area contributed by atoms with Gasteiger partial charge >= 0.3 is 6.03 Å². The van der Waals surface area contributed by atoms with Gasteiger partial charge in [0.15, 0.2) is 0 Å². The monoisotopic (exact) mass is 509 g/mol. The molecule has 4 aromatic rings. The van der Waals surface area contributed by atoms with Crippen molar-refractivity contribution >= 4 is 23.4 Å².